The minimum Gasteiger partial charge on any atom is -0.459 e. The molecule has 0 aliphatic rings. The van der Waals surface area contributed by atoms with Crippen LogP contribution < -0.4 is 0 Å². The molecule has 0 N–H and O–H groups in total. The van der Waals surface area contributed by atoms with Crippen LogP contribution in [0.2, 0.25) is 5.02 Å². The highest BCUT2D eigenvalue weighted by Crippen LogP contribution is 2.14. The number of esters is 1. The minimum atomic E-state index is -0.623. The molecule has 0 spiro atoms. The summed E-state index contributed by atoms with van der Waals surface area (Å²) in [5.41, 5.74) is 0.649. The lowest BCUT2D eigenvalue weighted by Crippen LogP contribution is -2.12. The number of carbonyl (C=O) groups excluding carboxylic acids is 1. The van der Waals surface area contributed by atoms with E-state index in [1.54, 1.807) is 38.1 Å². The Kier molecular flexibility index (Phi) is 4.74. The van der Waals surface area contributed by atoms with Gasteiger partial charge < -0.3 is 4.74 Å². The van der Waals surface area contributed by atoms with Gasteiger partial charge in [-0.25, -0.2) is 4.79 Å². The van der Waals surface area contributed by atoms with Crippen molar-refractivity contribution in [1.29, 1.82) is 5.26 Å². The maximum atomic E-state index is 11.5. The zero-order valence-electron chi connectivity index (χ0n) is 9.61. The molecule has 0 unspecified atom stereocenters. The number of nitrogens with zero attached hydrogens (tertiary/aromatic N) is 1. The molecule has 0 radical (unpaired) electrons. The van der Waals surface area contributed by atoms with Gasteiger partial charge in [0.1, 0.15) is 11.6 Å². The molecule has 0 bridgehead atoms. The maximum Gasteiger partial charge on any atom is 0.349 e. The smallest absolute Gasteiger partial charge is 0.349 e. The van der Waals surface area contributed by atoms with Crippen molar-refractivity contribution in [2.24, 2.45) is 0 Å². The molecule has 1 aromatic carbocycles. The number of halogens is 1. The normalized spacial score (nSPS) is 11.1. The molecule has 1 aromatic rings. The molecule has 0 heterocycles. The van der Waals surface area contributed by atoms with Gasteiger partial charge in [-0.05, 0) is 37.6 Å². The molecule has 4 heteroatoms. The first-order chi connectivity index (χ1) is 8.02. The quantitative estimate of drug-likeness (QED) is 0.470. The minimum absolute atomic E-state index is 0.0408. The van der Waals surface area contributed by atoms with Gasteiger partial charge in [0.25, 0.3) is 0 Å². The Balaban J connectivity index is 2.95. The number of ether oxygens (including phenoxy) is 1. The Hall–Kier alpha value is -1.79. The summed E-state index contributed by atoms with van der Waals surface area (Å²) in [6.07, 6.45) is 1.20. The first-order valence-corrected chi connectivity index (χ1v) is 5.49. The molecular formula is C13H12ClNO2. The fourth-order valence-corrected chi connectivity index (χ4v) is 1.38. The predicted molar refractivity (Wildman–Crippen MR) is 66.3 cm³/mol. The van der Waals surface area contributed by atoms with E-state index < -0.39 is 5.97 Å². The number of nitriles is 1. The number of hydrogen-bond donors (Lipinski definition) is 0. The van der Waals surface area contributed by atoms with Crippen molar-refractivity contribution in [3.63, 3.8) is 0 Å². The van der Waals surface area contributed by atoms with E-state index in [2.05, 4.69) is 0 Å². The molecule has 17 heavy (non-hydrogen) atoms. The van der Waals surface area contributed by atoms with Crippen LogP contribution in [0.5, 0.6) is 0 Å². The summed E-state index contributed by atoms with van der Waals surface area (Å²) in [6, 6.07) is 8.71. The lowest BCUT2D eigenvalue weighted by molar-refractivity contribution is -0.142. The average molecular weight is 250 g/mol. The summed E-state index contributed by atoms with van der Waals surface area (Å²) in [5.74, 6) is -0.623. The number of hydrogen-bond acceptors (Lipinski definition) is 3. The third-order valence-corrected chi connectivity index (χ3v) is 2.08. The van der Waals surface area contributed by atoms with Gasteiger partial charge in [0.05, 0.1) is 6.10 Å². The molecule has 0 amide bonds. The van der Waals surface area contributed by atoms with Gasteiger partial charge in [0.15, 0.2) is 0 Å². The molecule has 0 saturated heterocycles. The Morgan fingerprint density at radius 3 is 2.76 bits per heavy atom. The molecule has 0 atom stereocenters. The van der Waals surface area contributed by atoms with E-state index in [1.807, 2.05) is 6.07 Å². The van der Waals surface area contributed by atoms with Crippen molar-refractivity contribution in [2.75, 3.05) is 0 Å². The summed E-state index contributed by atoms with van der Waals surface area (Å²) >= 11 is 5.81. The molecule has 3 nitrogen and oxygen atoms in total. The van der Waals surface area contributed by atoms with E-state index in [4.69, 9.17) is 21.6 Å². The van der Waals surface area contributed by atoms with Gasteiger partial charge in [-0.1, -0.05) is 23.7 Å². The fraction of sp³-hybridized carbons (Fsp3) is 0.231. The van der Waals surface area contributed by atoms with Crippen LogP contribution in [-0.2, 0) is 9.53 Å². The van der Waals surface area contributed by atoms with Crippen molar-refractivity contribution in [2.45, 2.75) is 20.0 Å². The second-order valence-electron chi connectivity index (χ2n) is 3.68. The molecule has 0 fully saturated rings. The van der Waals surface area contributed by atoms with Crippen LogP contribution in [0.15, 0.2) is 29.8 Å². The second-order valence-corrected chi connectivity index (χ2v) is 4.12. The monoisotopic (exact) mass is 249 g/mol. The summed E-state index contributed by atoms with van der Waals surface area (Å²) < 4.78 is 4.94. The van der Waals surface area contributed by atoms with E-state index >= 15 is 0 Å². The maximum absolute atomic E-state index is 11.5. The summed E-state index contributed by atoms with van der Waals surface area (Å²) in [4.78, 5) is 11.5. The molecule has 0 aromatic heterocycles. The summed E-state index contributed by atoms with van der Waals surface area (Å²) in [5, 5.41) is 9.44. The average Bonchev–Trinajstić information content (AvgIpc) is 2.24. The van der Waals surface area contributed by atoms with Crippen LogP contribution in [0.1, 0.15) is 19.4 Å². The number of rotatable bonds is 3. The predicted octanol–water partition coefficient (Wildman–Crippen LogP) is 3.20. The van der Waals surface area contributed by atoms with E-state index in [9.17, 15) is 4.79 Å². The van der Waals surface area contributed by atoms with E-state index in [-0.39, 0.29) is 11.7 Å². The Labute approximate surface area is 105 Å². The van der Waals surface area contributed by atoms with Crippen molar-refractivity contribution < 1.29 is 9.53 Å². The Morgan fingerprint density at radius 2 is 2.24 bits per heavy atom. The van der Waals surface area contributed by atoms with E-state index in [1.165, 1.54) is 6.08 Å². The van der Waals surface area contributed by atoms with Gasteiger partial charge >= 0.3 is 5.97 Å². The van der Waals surface area contributed by atoms with Gasteiger partial charge in [-0.3, -0.25) is 0 Å². The van der Waals surface area contributed by atoms with Crippen molar-refractivity contribution in [3.05, 3.63) is 40.4 Å². The molecule has 1 rings (SSSR count). The molecule has 0 saturated carbocycles. The highest BCUT2D eigenvalue weighted by molar-refractivity contribution is 6.30. The van der Waals surface area contributed by atoms with Gasteiger partial charge in [-0.15, -0.1) is 0 Å². The summed E-state index contributed by atoms with van der Waals surface area (Å²) in [6.45, 7) is 3.46. The van der Waals surface area contributed by atoms with E-state index in [0.29, 0.717) is 10.6 Å². The topological polar surface area (TPSA) is 50.1 Å². The fourth-order valence-electron chi connectivity index (χ4n) is 1.18. The summed E-state index contributed by atoms with van der Waals surface area (Å²) in [7, 11) is 0. The lowest BCUT2D eigenvalue weighted by Gasteiger charge is -2.06. The van der Waals surface area contributed by atoms with Crippen LogP contribution >= 0.6 is 11.6 Å². The van der Waals surface area contributed by atoms with Crippen LogP contribution in [0.4, 0.5) is 0 Å². The molecule has 0 aliphatic carbocycles. The number of benzene rings is 1. The van der Waals surface area contributed by atoms with Crippen LogP contribution in [0, 0.1) is 11.3 Å². The van der Waals surface area contributed by atoms with Crippen LogP contribution in [0.3, 0.4) is 0 Å². The van der Waals surface area contributed by atoms with Crippen LogP contribution in [0.25, 0.3) is 6.08 Å². The second kappa shape index (κ2) is 6.07. The molecule has 88 valence electrons. The Morgan fingerprint density at radius 1 is 1.53 bits per heavy atom. The molecule has 0 aliphatic heterocycles. The SMILES string of the molecule is CC(C)OC(=O)/C(C#N)=C/c1cccc(Cl)c1. The largest absolute Gasteiger partial charge is 0.459 e. The van der Waals surface area contributed by atoms with Crippen molar-refractivity contribution >= 4 is 23.6 Å². The van der Waals surface area contributed by atoms with Gasteiger partial charge in [0, 0.05) is 5.02 Å². The molecular weight excluding hydrogens is 238 g/mol. The van der Waals surface area contributed by atoms with E-state index in [0.717, 1.165) is 0 Å². The van der Waals surface area contributed by atoms with Crippen LogP contribution in [-0.4, -0.2) is 12.1 Å². The Bertz CT molecular complexity index is 486. The highest BCUT2D eigenvalue weighted by Gasteiger charge is 2.12. The van der Waals surface area contributed by atoms with Crippen molar-refractivity contribution in [1.82, 2.24) is 0 Å². The standard InChI is InChI=1S/C13H12ClNO2/c1-9(2)17-13(16)11(8-15)6-10-4-3-5-12(14)7-10/h3-7,9H,1-2H3/b11-6+. The van der Waals surface area contributed by atoms with Crippen molar-refractivity contribution in [3.8, 4) is 6.07 Å². The zero-order valence-corrected chi connectivity index (χ0v) is 10.4. The first kappa shape index (κ1) is 13.3. The number of carbonyl (C=O) groups is 1. The van der Waals surface area contributed by atoms with Gasteiger partial charge in [0.2, 0.25) is 0 Å². The third kappa shape index (κ3) is 4.29. The zero-order chi connectivity index (χ0) is 12.8. The highest BCUT2D eigenvalue weighted by atomic mass is 35.5. The first-order valence-electron chi connectivity index (χ1n) is 5.11. The van der Waals surface area contributed by atoms with Gasteiger partial charge in [-0.2, -0.15) is 5.26 Å². The third-order valence-electron chi connectivity index (χ3n) is 1.84. The lowest BCUT2D eigenvalue weighted by atomic mass is 10.1.